The molecule has 0 radical (unpaired) electrons. The quantitative estimate of drug-likeness (QED) is 0.411. The van der Waals surface area contributed by atoms with E-state index in [4.69, 9.17) is 0 Å². The van der Waals surface area contributed by atoms with Gasteiger partial charge >= 0.3 is 0 Å². The van der Waals surface area contributed by atoms with Crippen molar-refractivity contribution in [3.05, 3.63) is 76.2 Å². The molecular weight excluding hydrogens is 476 g/mol. The van der Waals surface area contributed by atoms with Crippen molar-refractivity contribution in [1.82, 2.24) is 4.90 Å². The van der Waals surface area contributed by atoms with Crippen molar-refractivity contribution in [1.29, 1.82) is 5.26 Å². The van der Waals surface area contributed by atoms with E-state index >= 15 is 0 Å². The first kappa shape index (κ1) is 23.6. The number of hydrogen-bond acceptors (Lipinski definition) is 6. The summed E-state index contributed by atoms with van der Waals surface area (Å²) in [6.07, 6.45) is 2.73. The van der Waals surface area contributed by atoms with Gasteiger partial charge in [0.1, 0.15) is 11.1 Å². The lowest BCUT2D eigenvalue weighted by Crippen LogP contribution is -2.29. The van der Waals surface area contributed by atoms with Crippen LogP contribution in [0.5, 0.6) is 0 Å². The predicted octanol–water partition coefficient (Wildman–Crippen LogP) is 5.26. The molecule has 1 aliphatic heterocycles. The highest BCUT2D eigenvalue weighted by Crippen LogP contribution is 2.37. The van der Waals surface area contributed by atoms with Crippen LogP contribution in [0.4, 0.5) is 10.7 Å². The van der Waals surface area contributed by atoms with E-state index in [1.165, 1.54) is 28.7 Å². The number of nitriles is 1. The molecule has 178 valence electrons. The molecule has 2 heterocycles. The van der Waals surface area contributed by atoms with Gasteiger partial charge < -0.3 is 10.6 Å². The van der Waals surface area contributed by atoms with E-state index in [-0.39, 0.29) is 23.5 Å². The minimum Gasteiger partial charge on any atom is -0.326 e. The highest BCUT2D eigenvalue weighted by Gasteiger charge is 2.29. The van der Waals surface area contributed by atoms with Crippen LogP contribution in [-0.4, -0.2) is 29.0 Å². The second-order valence-electron chi connectivity index (χ2n) is 8.89. The van der Waals surface area contributed by atoms with E-state index in [2.05, 4.69) is 45.9 Å². The van der Waals surface area contributed by atoms with Crippen LogP contribution in [0.15, 0.2) is 59.5 Å². The molecule has 35 heavy (non-hydrogen) atoms. The molecule has 1 saturated carbocycles. The highest BCUT2D eigenvalue weighted by molar-refractivity contribution is 8.00. The summed E-state index contributed by atoms with van der Waals surface area (Å²) in [5.74, 6) is 0.304. The van der Waals surface area contributed by atoms with E-state index in [0.717, 1.165) is 59.9 Å². The van der Waals surface area contributed by atoms with Gasteiger partial charge in [0.05, 0.1) is 11.3 Å². The Balaban J connectivity index is 1.19. The monoisotopic (exact) mass is 502 g/mol. The summed E-state index contributed by atoms with van der Waals surface area (Å²) in [4.78, 5) is 29.2. The van der Waals surface area contributed by atoms with E-state index in [0.29, 0.717) is 10.6 Å². The summed E-state index contributed by atoms with van der Waals surface area (Å²) >= 11 is 2.93. The Morgan fingerprint density at radius 2 is 1.94 bits per heavy atom. The zero-order valence-electron chi connectivity index (χ0n) is 19.3. The molecule has 2 aliphatic rings. The Morgan fingerprint density at radius 1 is 1.11 bits per heavy atom. The number of anilines is 2. The molecule has 3 aromatic rings. The summed E-state index contributed by atoms with van der Waals surface area (Å²) in [6.45, 7) is 2.55. The number of hydrogen-bond donors (Lipinski definition) is 2. The largest absolute Gasteiger partial charge is 0.326 e. The molecule has 0 spiro atoms. The summed E-state index contributed by atoms with van der Waals surface area (Å²) < 4.78 is 0. The van der Waals surface area contributed by atoms with Crippen molar-refractivity contribution in [3.63, 3.8) is 0 Å². The van der Waals surface area contributed by atoms with Crippen LogP contribution < -0.4 is 10.6 Å². The molecule has 1 fully saturated rings. The van der Waals surface area contributed by atoms with E-state index in [9.17, 15) is 14.9 Å². The number of fused-ring (bicyclic) bond motifs is 1. The second kappa shape index (κ2) is 10.6. The smallest absolute Gasteiger partial charge is 0.235 e. The Kier molecular flexibility index (Phi) is 7.19. The van der Waals surface area contributed by atoms with Crippen LogP contribution in [0.3, 0.4) is 0 Å². The standard InChI is InChI=1S/C27H26N4O2S2/c28-14-23-22-11-12-31(15-18-5-2-1-3-6-18)16-24(22)35-27(23)30-25(32)17-34-21-8-4-7-20(13-21)29-26(33)19-9-10-19/h1-8,13,19H,9-12,15-17H2,(H,29,33)(H,30,32). The molecule has 1 aromatic heterocycles. The number of nitrogens with zero attached hydrogens (tertiary/aromatic N) is 2. The lowest BCUT2D eigenvalue weighted by molar-refractivity contribution is -0.117. The molecule has 6 nitrogen and oxygen atoms in total. The third-order valence-electron chi connectivity index (χ3n) is 6.17. The molecule has 2 amide bonds. The molecule has 0 unspecified atom stereocenters. The summed E-state index contributed by atoms with van der Waals surface area (Å²) in [5.41, 5.74) is 3.70. The number of benzene rings is 2. The third-order valence-corrected chi connectivity index (χ3v) is 8.30. The van der Waals surface area contributed by atoms with E-state index < -0.39 is 0 Å². The number of rotatable bonds is 8. The molecule has 0 atom stereocenters. The number of carbonyl (C=O) groups excluding carboxylic acids is 2. The van der Waals surface area contributed by atoms with Gasteiger partial charge in [0.25, 0.3) is 0 Å². The van der Waals surface area contributed by atoms with Gasteiger partial charge in [0, 0.05) is 41.0 Å². The van der Waals surface area contributed by atoms with Gasteiger partial charge in [-0.25, -0.2) is 0 Å². The Bertz CT molecular complexity index is 1280. The predicted molar refractivity (Wildman–Crippen MR) is 140 cm³/mol. The van der Waals surface area contributed by atoms with Crippen LogP contribution >= 0.6 is 23.1 Å². The maximum Gasteiger partial charge on any atom is 0.235 e. The minimum atomic E-state index is -0.140. The number of thioether (sulfide) groups is 1. The Hall–Kier alpha value is -3.12. The molecule has 8 heteroatoms. The average Bonchev–Trinajstić information content (AvgIpc) is 3.66. The van der Waals surface area contributed by atoms with Gasteiger partial charge in [-0.3, -0.25) is 14.5 Å². The fourth-order valence-corrected chi connectivity index (χ4v) is 6.22. The van der Waals surface area contributed by atoms with Crippen molar-refractivity contribution < 1.29 is 9.59 Å². The van der Waals surface area contributed by atoms with Gasteiger partial charge in [-0.1, -0.05) is 36.4 Å². The first-order valence-electron chi connectivity index (χ1n) is 11.7. The summed E-state index contributed by atoms with van der Waals surface area (Å²) in [6, 6.07) is 20.3. The lowest BCUT2D eigenvalue weighted by Gasteiger charge is -2.26. The van der Waals surface area contributed by atoms with Crippen molar-refractivity contribution in [3.8, 4) is 6.07 Å². The van der Waals surface area contributed by atoms with E-state index in [1.807, 2.05) is 30.3 Å². The lowest BCUT2D eigenvalue weighted by atomic mass is 10.0. The normalized spacial score (nSPS) is 15.2. The first-order valence-corrected chi connectivity index (χ1v) is 13.5. The number of thiophene rings is 1. The van der Waals surface area contributed by atoms with Crippen molar-refractivity contribution >= 4 is 45.6 Å². The zero-order chi connectivity index (χ0) is 24.2. The number of carbonyl (C=O) groups is 2. The molecular formula is C27H26N4O2S2. The highest BCUT2D eigenvalue weighted by atomic mass is 32.2. The zero-order valence-corrected chi connectivity index (χ0v) is 20.9. The fraction of sp³-hybridized carbons (Fsp3) is 0.296. The second-order valence-corrected chi connectivity index (χ2v) is 11.0. The van der Waals surface area contributed by atoms with Gasteiger partial charge in [-0.2, -0.15) is 5.26 Å². The first-order chi connectivity index (χ1) is 17.1. The molecule has 0 bridgehead atoms. The van der Waals surface area contributed by atoms with Crippen molar-refractivity contribution in [2.45, 2.75) is 37.2 Å². The van der Waals surface area contributed by atoms with E-state index in [1.54, 1.807) is 0 Å². The van der Waals surface area contributed by atoms with Crippen LogP contribution in [0.25, 0.3) is 0 Å². The van der Waals surface area contributed by atoms with Gasteiger partial charge in [-0.15, -0.1) is 23.1 Å². The van der Waals surface area contributed by atoms with Crippen molar-refractivity contribution in [2.75, 3.05) is 22.9 Å². The molecule has 5 rings (SSSR count). The Morgan fingerprint density at radius 3 is 2.71 bits per heavy atom. The molecule has 1 aliphatic carbocycles. The van der Waals surface area contributed by atoms with Crippen LogP contribution in [-0.2, 0) is 29.1 Å². The SMILES string of the molecule is N#Cc1c(NC(=O)CSc2cccc(NC(=O)C3CC3)c2)sc2c1CCN(Cc1ccccc1)C2. The summed E-state index contributed by atoms with van der Waals surface area (Å²) in [5, 5.41) is 16.3. The fourth-order valence-electron chi connectivity index (χ4n) is 4.20. The van der Waals surface area contributed by atoms with Crippen LogP contribution in [0.1, 0.15) is 34.4 Å². The molecule has 2 N–H and O–H groups in total. The maximum absolute atomic E-state index is 12.7. The maximum atomic E-state index is 12.7. The molecule has 2 aromatic carbocycles. The average molecular weight is 503 g/mol. The van der Waals surface area contributed by atoms with Crippen LogP contribution in [0, 0.1) is 17.2 Å². The topological polar surface area (TPSA) is 85.2 Å². The summed E-state index contributed by atoms with van der Waals surface area (Å²) in [7, 11) is 0. The minimum absolute atomic E-state index is 0.0675. The van der Waals surface area contributed by atoms with Gasteiger partial charge in [-0.05, 0) is 48.6 Å². The molecule has 0 saturated heterocycles. The number of amides is 2. The van der Waals surface area contributed by atoms with Crippen molar-refractivity contribution in [2.24, 2.45) is 5.92 Å². The Labute approximate surface area is 213 Å². The van der Waals surface area contributed by atoms with Crippen LogP contribution in [0.2, 0.25) is 0 Å². The number of nitrogens with one attached hydrogen (secondary N) is 2. The third kappa shape index (κ3) is 5.93. The van der Waals surface area contributed by atoms with Gasteiger partial charge in [0.2, 0.25) is 11.8 Å². The van der Waals surface area contributed by atoms with Gasteiger partial charge in [0.15, 0.2) is 0 Å².